The number of rotatable bonds is 11. The van der Waals surface area contributed by atoms with E-state index >= 15 is 0 Å². The largest absolute Gasteiger partial charge is 0.369 e. The van der Waals surface area contributed by atoms with Crippen molar-refractivity contribution in [3.05, 3.63) is 58.1 Å². The maximum Gasteiger partial charge on any atom is 0.269 e. The van der Waals surface area contributed by atoms with Gasteiger partial charge in [0.05, 0.1) is 16.3 Å². The molecule has 0 atom stereocenters. The molecule has 7 heteroatoms. The molecule has 0 saturated carbocycles. The molecule has 0 radical (unpaired) electrons. The summed E-state index contributed by atoms with van der Waals surface area (Å²) in [5.41, 5.74) is 3.77. The Hall–Kier alpha value is -2.80. The minimum Gasteiger partial charge on any atom is -0.369 e. The van der Waals surface area contributed by atoms with Gasteiger partial charge in [-0.25, -0.2) is 0 Å². The number of nitrogens with zero attached hydrogens (tertiary/aromatic N) is 5. The molecule has 0 spiro atoms. The lowest BCUT2D eigenvalue weighted by molar-refractivity contribution is -0.384. The smallest absolute Gasteiger partial charge is 0.269 e. The van der Waals surface area contributed by atoms with Crippen molar-refractivity contribution in [1.82, 2.24) is 4.90 Å². The number of piperazine rings is 1. The fraction of sp³-hybridized carbons (Fsp3) is 0.520. The average molecular weight is 438 g/mol. The van der Waals surface area contributed by atoms with Gasteiger partial charge in [0, 0.05) is 44.0 Å². The fourth-order valence-corrected chi connectivity index (χ4v) is 4.05. The summed E-state index contributed by atoms with van der Waals surface area (Å²) in [5, 5.41) is 19.3. The number of nitro groups is 1. The highest BCUT2D eigenvalue weighted by atomic mass is 16.6. The number of non-ortho nitro benzene ring substituents is 1. The fourth-order valence-electron chi connectivity index (χ4n) is 4.05. The Kier molecular flexibility index (Phi) is 9.16. The van der Waals surface area contributed by atoms with E-state index in [1.807, 2.05) is 13.0 Å². The molecule has 3 rings (SSSR count). The van der Waals surface area contributed by atoms with Crippen molar-refractivity contribution in [1.29, 1.82) is 0 Å². The van der Waals surface area contributed by atoms with Crippen molar-refractivity contribution in [3.8, 4) is 0 Å². The molecule has 0 bridgehead atoms. The van der Waals surface area contributed by atoms with Crippen LogP contribution in [-0.4, -0.2) is 42.5 Å². The molecular weight excluding hydrogens is 402 g/mol. The Morgan fingerprint density at radius 3 is 2.25 bits per heavy atom. The lowest BCUT2D eigenvalue weighted by Gasteiger charge is -2.36. The molecule has 2 aromatic carbocycles. The van der Waals surface area contributed by atoms with Crippen LogP contribution in [0.5, 0.6) is 0 Å². The van der Waals surface area contributed by atoms with Crippen molar-refractivity contribution in [2.24, 2.45) is 10.2 Å². The number of aryl methyl sites for hydroxylation is 1. The molecule has 1 aliphatic heterocycles. The SMILES string of the molecule is CCCCCCCCN1CCN(c2ccc(N=Nc3ccc([N+](=O)[O-])cc3)c(C)c2)CC1. The molecule has 0 amide bonds. The number of nitro benzene ring substituents is 1. The maximum absolute atomic E-state index is 10.8. The van der Waals surface area contributed by atoms with Gasteiger partial charge in [0.2, 0.25) is 0 Å². The molecule has 172 valence electrons. The van der Waals surface area contributed by atoms with Crippen molar-refractivity contribution in [2.75, 3.05) is 37.6 Å². The predicted octanol–water partition coefficient (Wildman–Crippen LogP) is 6.80. The van der Waals surface area contributed by atoms with E-state index in [1.165, 1.54) is 62.9 Å². The first-order valence-electron chi connectivity index (χ1n) is 11.8. The highest BCUT2D eigenvalue weighted by Gasteiger charge is 2.17. The summed E-state index contributed by atoms with van der Waals surface area (Å²) in [4.78, 5) is 15.4. The van der Waals surface area contributed by atoms with E-state index in [9.17, 15) is 10.1 Å². The zero-order chi connectivity index (χ0) is 22.8. The molecule has 0 aromatic heterocycles. The van der Waals surface area contributed by atoms with Crippen LogP contribution in [0, 0.1) is 17.0 Å². The van der Waals surface area contributed by atoms with Gasteiger partial charge in [-0.05, 0) is 55.8 Å². The lowest BCUT2D eigenvalue weighted by atomic mass is 10.1. The summed E-state index contributed by atoms with van der Waals surface area (Å²) >= 11 is 0. The van der Waals surface area contributed by atoms with Crippen molar-refractivity contribution >= 4 is 22.7 Å². The third kappa shape index (κ3) is 7.12. The van der Waals surface area contributed by atoms with E-state index in [0.29, 0.717) is 5.69 Å². The van der Waals surface area contributed by atoms with Gasteiger partial charge in [0.25, 0.3) is 5.69 Å². The number of hydrogen-bond acceptors (Lipinski definition) is 6. The number of hydrogen-bond donors (Lipinski definition) is 0. The summed E-state index contributed by atoms with van der Waals surface area (Å²) in [6, 6.07) is 12.4. The van der Waals surface area contributed by atoms with Crippen molar-refractivity contribution in [3.63, 3.8) is 0 Å². The summed E-state index contributed by atoms with van der Waals surface area (Å²) in [6.45, 7) is 9.88. The third-order valence-electron chi connectivity index (χ3n) is 6.08. The van der Waals surface area contributed by atoms with Crippen LogP contribution in [0.1, 0.15) is 51.0 Å². The molecule has 1 saturated heterocycles. The Morgan fingerprint density at radius 1 is 0.906 bits per heavy atom. The van der Waals surface area contributed by atoms with E-state index in [-0.39, 0.29) is 5.69 Å². The Labute approximate surface area is 191 Å². The molecule has 2 aromatic rings. The molecule has 1 aliphatic rings. The van der Waals surface area contributed by atoms with Crippen LogP contribution < -0.4 is 4.90 Å². The molecule has 0 N–H and O–H groups in total. The minimum atomic E-state index is -0.418. The number of anilines is 1. The predicted molar refractivity (Wildman–Crippen MR) is 130 cm³/mol. The Morgan fingerprint density at radius 2 is 1.59 bits per heavy atom. The van der Waals surface area contributed by atoms with Crippen LogP contribution in [0.25, 0.3) is 0 Å². The van der Waals surface area contributed by atoms with Crippen molar-refractivity contribution < 1.29 is 4.92 Å². The molecular formula is C25H35N5O2. The normalized spacial score (nSPS) is 14.9. The second-order valence-electron chi connectivity index (χ2n) is 8.54. The first-order chi connectivity index (χ1) is 15.6. The molecule has 32 heavy (non-hydrogen) atoms. The Balaban J connectivity index is 1.47. The maximum atomic E-state index is 10.8. The highest BCUT2D eigenvalue weighted by molar-refractivity contribution is 5.58. The molecule has 7 nitrogen and oxygen atoms in total. The van der Waals surface area contributed by atoms with Gasteiger partial charge in [-0.15, -0.1) is 0 Å². The topological polar surface area (TPSA) is 74.3 Å². The van der Waals surface area contributed by atoms with Crippen LogP contribution in [-0.2, 0) is 0 Å². The van der Waals surface area contributed by atoms with Crippen LogP contribution in [0.4, 0.5) is 22.7 Å². The molecule has 0 unspecified atom stereocenters. The number of unbranched alkanes of at least 4 members (excludes halogenated alkanes) is 5. The molecule has 0 aliphatic carbocycles. The van der Waals surface area contributed by atoms with Gasteiger partial charge in [-0.3, -0.25) is 15.0 Å². The second-order valence-corrected chi connectivity index (χ2v) is 8.54. The first kappa shape index (κ1) is 23.9. The zero-order valence-corrected chi connectivity index (χ0v) is 19.4. The van der Waals surface area contributed by atoms with Gasteiger partial charge in [0.15, 0.2) is 0 Å². The van der Waals surface area contributed by atoms with Gasteiger partial charge >= 0.3 is 0 Å². The number of azo groups is 1. The van der Waals surface area contributed by atoms with E-state index in [4.69, 9.17) is 0 Å². The van der Waals surface area contributed by atoms with Gasteiger partial charge in [-0.1, -0.05) is 39.0 Å². The minimum absolute atomic E-state index is 0.0524. The summed E-state index contributed by atoms with van der Waals surface area (Å²) in [7, 11) is 0. The van der Waals surface area contributed by atoms with Crippen LogP contribution >= 0.6 is 0 Å². The first-order valence-corrected chi connectivity index (χ1v) is 11.8. The van der Waals surface area contributed by atoms with Crippen molar-refractivity contribution in [2.45, 2.75) is 52.4 Å². The number of benzene rings is 2. The van der Waals surface area contributed by atoms with E-state index in [0.717, 1.165) is 37.4 Å². The summed E-state index contributed by atoms with van der Waals surface area (Å²) in [5.74, 6) is 0. The average Bonchev–Trinajstić information content (AvgIpc) is 2.81. The standard InChI is InChI=1S/C25H35N5O2/c1-3-4-5-6-7-8-15-28-16-18-29(19-17-28)24-13-14-25(21(2)20-24)27-26-22-9-11-23(12-10-22)30(31)32/h9-14,20H,3-8,15-19H2,1-2H3. The molecule has 1 heterocycles. The van der Waals surface area contributed by atoms with E-state index < -0.39 is 4.92 Å². The quantitative estimate of drug-likeness (QED) is 0.168. The van der Waals surface area contributed by atoms with Gasteiger partial charge in [-0.2, -0.15) is 10.2 Å². The lowest BCUT2D eigenvalue weighted by Crippen LogP contribution is -2.46. The monoisotopic (exact) mass is 437 g/mol. The van der Waals surface area contributed by atoms with Gasteiger partial charge < -0.3 is 4.90 Å². The molecule has 1 fully saturated rings. The zero-order valence-electron chi connectivity index (χ0n) is 19.4. The van der Waals surface area contributed by atoms with Gasteiger partial charge in [0.1, 0.15) is 0 Å². The van der Waals surface area contributed by atoms with E-state index in [1.54, 1.807) is 12.1 Å². The van der Waals surface area contributed by atoms with E-state index in [2.05, 4.69) is 39.1 Å². The highest BCUT2D eigenvalue weighted by Crippen LogP contribution is 2.28. The summed E-state index contributed by atoms with van der Waals surface area (Å²) in [6.07, 6.45) is 8.11. The third-order valence-corrected chi connectivity index (χ3v) is 6.08. The second kappa shape index (κ2) is 12.3. The Bertz CT molecular complexity index is 890. The summed E-state index contributed by atoms with van der Waals surface area (Å²) < 4.78 is 0. The van der Waals surface area contributed by atoms with Crippen LogP contribution in [0.15, 0.2) is 52.7 Å². The van der Waals surface area contributed by atoms with Crippen LogP contribution in [0.3, 0.4) is 0 Å². The van der Waals surface area contributed by atoms with Crippen LogP contribution in [0.2, 0.25) is 0 Å².